The van der Waals surface area contributed by atoms with E-state index in [0.717, 1.165) is 25.3 Å². The maximum absolute atomic E-state index is 4.43. The van der Waals surface area contributed by atoms with Crippen LogP contribution in [-0.4, -0.2) is 38.2 Å². The van der Waals surface area contributed by atoms with Crippen molar-refractivity contribution in [2.24, 2.45) is 0 Å². The van der Waals surface area contributed by atoms with Crippen LogP contribution in [0.3, 0.4) is 0 Å². The lowest BCUT2D eigenvalue weighted by atomic mass is 10.0. The van der Waals surface area contributed by atoms with Gasteiger partial charge in [-0.05, 0) is 68.1 Å². The molecule has 0 spiro atoms. The van der Waals surface area contributed by atoms with Gasteiger partial charge < -0.3 is 0 Å². The van der Waals surface area contributed by atoms with Gasteiger partial charge in [0.1, 0.15) is 6.04 Å². The molecule has 0 aromatic carbocycles. The van der Waals surface area contributed by atoms with Crippen LogP contribution in [0.15, 0.2) is 17.5 Å². The summed E-state index contributed by atoms with van der Waals surface area (Å²) in [5.74, 6) is 0.983. The van der Waals surface area contributed by atoms with Crippen molar-refractivity contribution >= 4 is 11.3 Å². The van der Waals surface area contributed by atoms with E-state index in [-0.39, 0.29) is 11.6 Å². The molecule has 22 heavy (non-hydrogen) atoms. The van der Waals surface area contributed by atoms with E-state index in [1.54, 1.807) is 11.3 Å². The van der Waals surface area contributed by atoms with Gasteiger partial charge in [0, 0.05) is 4.88 Å². The zero-order chi connectivity index (χ0) is 15.6. The van der Waals surface area contributed by atoms with Crippen LogP contribution in [0, 0.1) is 0 Å². The molecule has 120 valence electrons. The van der Waals surface area contributed by atoms with E-state index in [0.29, 0.717) is 0 Å². The van der Waals surface area contributed by atoms with Crippen LogP contribution in [0.25, 0.3) is 0 Å². The van der Waals surface area contributed by atoms with Crippen molar-refractivity contribution in [1.29, 1.82) is 0 Å². The molecular weight excluding hydrogens is 294 g/mol. The Labute approximate surface area is 136 Å². The molecule has 5 nitrogen and oxygen atoms in total. The van der Waals surface area contributed by atoms with Crippen LogP contribution in [0.4, 0.5) is 0 Å². The molecule has 0 aliphatic carbocycles. The molecule has 1 atom stereocenters. The Morgan fingerprint density at radius 3 is 2.68 bits per heavy atom. The highest BCUT2D eigenvalue weighted by Crippen LogP contribution is 2.34. The Balaban J connectivity index is 2.02. The molecule has 0 N–H and O–H groups in total. The Hall–Kier alpha value is -1.27. The summed E-state index contributed by atoms with van der Waals surface area (Å²) < 4.78 is 2.03. The first-order chi connectivity index (χ1) is 10.6. The monoisotopic (exact) mass is 319 g/mol. The summed E-state index contributed by atoms with van der Waals surface area (Å²) >= 11 is 1.80. The molecule has 0 unspecified atom stereocenters. The Bertz CT molecular complexity index is 583. The summed E-state index contributed by atoms with van der Waals surface area (Å²) in [4.78, 5) is 3.88. The number of hydrogen-bond acceptors (Lipinski definition) is 5. The third-order valence-corrected chi connectivity index (χ3v) is 5.67. The first kappa shape index (κ1) is 15.6. The molecule has 1 aliphatic heterocycles. The number of tetrazole rings is 1. The fraction of sp³-hybridized carbons (Fsp3) is 0.688. The predicted molar refractivity (Wildman–Crippen MR) is 89.0 cm³/mol. The minimum atomic E-state index is -0.0653. The third kappa shape index (κ3) is 2.94. The number of rotatable bonds is 5. The number of hydrogen-bond donors (Lipinski definition) is 0. The van der Waals surface area contributed by atoms with Crippen LogP contribution in [0.5, 0.6) is 0 Å². The Morgan fingerprint density at radius 2 is 2.05 bits per heavy atom. The van der Waals surface area contributed by atoms with Gasteiger partial charge in [-0.1, -0.05) is 19.4 Å². The molecule has 2 aromatic heterocycles. The third-order valence-electron chi connectivity index (χ3n) is 4.75. The van der Waals surface area contributed by atoms with Crippen LogP contribution >= 0.6 is 11.3 Å². The lowest BCUT2D eigenvalue weighted by Crippen LogP contribution is -2.38. The first-order valence-electron chi connectivity index (χ1n) is 8.19. The molecule has 3 heterocycles. The zero-order valence-corrected chi connectivity index (χ0v) is 14.5. The van der Waals surface area contributed by atoms with Crippen LogP contribution in [-0.2, 0) is 5.54 Å². The number of nitrogens with zero attached hydrogens (tertiary/aromatic N) is 5. The van der Waals surface area contributed by atoms with Gasteiger partial charge in [-0.3, -0.25) is 4.90 Å². The van der Waals surface area contributed by atoms with Crippen molar-refractivity contribution in [2.75, 3.05) is 13.1 Å². The second kappa shape index (κ2) is 6.46. The summed E-state index contributed by atoms with van der Waals surface area (Å²) in [5, 5.41) is 14.9. The van der Waals surface area contributed by atoms with Crippen molar-refractivity contribution in [3.8, 4) is 0 Å². The van der Waals surface area contributed by atoms with E-state index in [1.807, 2.05) is 4.68 Å². The molecule has 0 bridgehead atoms. The molecule has 0 amide bonds. The normalized spacial score (nSPS) is 18.5. The highest BCUT2D eigenvalue weighted by molar-refractivity contribution is 7.10. The van der Waals surface area contributed by atoms with Crippen LogP contribution < -0.4 is 0 Å². The predicted octanol–water partition coefficient (Wildman–Crippen LogP) is 3.46. The fourth-order valence-corrected chi connectivity index (χ4v) is 3.89. The van der Waals surface area contributed by atoms with E-state index < -0.39 is 0 Å². The molecule has 1 aliphatic rings. The van der Waals surface area contributed by atoms with Gasteiger partial charge in [0.15, 0.2) is 5.82 Å². The second-order valence-corrected chi connectivity index (χ2v) is 7.61. The maximum atomic E-state index is 4.43. The minimum absolute atomic E-state index is 0.0653. The van der Waals surface area contributed by atoms with Crippen molar-refractivity contribution in [3.63, 3.8) is 0 Å². The second-order valence-electron chi connectivity index (χ2n) is 6.63. The first-order valence-corrected chi connectivity index (χ1v) is 9.07. The summed E-state index contributed by atoms with van der Waals surface area (Å²) in [5.41, 5.74) is -0.0653. The van der Waals surface area contributed by atoms with Crippen molar-refractivity contribution in [2.45, 2.75) is 58.0 Å². The van der Waals surface area contributed by atoms with Gasteiger partial charge in [0.2, 0.25) is 0 Å². The van der Waals surface area contributed by atoms with Gasteiger partial charge in [0.05, 0.1) is 5.54 Å². The number of piperidine rings is 1. The van der Waals surface area contributed by atoms with E-state index in [4.69, 9.17) is 0 Å². The largest absolute Gasteiger partial charge is 0.289 e. The van der Waals surface area contributed by atoms with Gasteiger partial charge in [-0.25, -0.2) is 4.68 Å². The fourth-order valence-electron chi connectivity index (χ4n) is 3.04. The maximum Gasteiger partial charge on any atom is 0.174 e. The number of likely N-dealkylation sites (tertiary alicyclic amines) is 1. The van der Waals surface area contributed by atoms with Gasteiger partial charge in [-0.2, -0.15) is 0 Å². The Morgan fingerprint density at radius 1 is 1.27 bits per heavy atom. The standard InChI is InChI=1S/C16H25N5S/c1-4-16(2,3)21-15(17-18-19-21)14(13-9-8-12-22-13)20-10-6-5-7-11-20/h8-9,12,14H,4-7,10-11H2,1-3H3/t14-/m0/s1. The quantitative estimate of drug-likeness (QED) is 0.847. The smallest absolute Gasteiger partial charge is 0.174 e. The molecule has 2 aromatic rings. The van der Waals surface area contributed by atoms with Crippen molar-refractivity contribution in [1.82, 2.24) is 25.1 Å². The van der Waals surface area contributed by atoms with E-state index >= 15 is 0 Å². The molecule has 6 heteroatoms. The minimum Gasteiger partial charge on any atom is -0.289 e. The van der Waals surface area contributed by atoms with E-state index in [2.05, 4.69) is 58.7 Å². The summed E-state index contributed by atoms with van der Waals surface area (Å²) in [6, 6.07) is 4.51. The lowest BCUT2D eigenvalue weighted by molar-refractivity contribution is 0.169. The summed E-state index contributed by atoms with van der Waals surface area (Å²) in [6.45, 7) is 8.85. The van der Waals surface area contributed by atoms with Crippen LogP contribution in [0.2, 0.25) is 0 Å². The molecule has 3 rings (SSSR count). The number of thiophene rings is 1. The average molecular weight is 319 g/mol. The van der Waals surface area contributed by atoms with Gasteiger partial charge >= 0.3 is 0 Å². The number of aromatic nitrogens is 4. The summed E-state index contributed by atoms with van der Waals surface area (Å²) in [6.07, 6.45) is 4.86. The zero-order valence-electron chi connectivity index (χ0n) is 13.7. The van der Waals surface area contributed by atoms with Crippen molar-refractivity contribution < 1.29 is 0 Å². The highest BCUT2D eigenvalue weighted by Gasteiger charge is 2.33. The molecule has 0 radical (unpaired) electrons. The van der Waals surface area contributed by atoms with Gasteiger partial charge in [0.25, 0.3) is 0 Å². The molecular formula is C16H25N5S. The van der Waals surface area contributed by atoms with E-state index in [1.165, 1.54) is 24.1 Å². The van der Waals surface area contributed by atoms with E-state index in [9.17, 15) is 0 Å². The summed E-state index contributed by atoms with van der Waals surface area (Å²) in [7, 11) is 0. The topological polar surface area (TPSA) is 46.8 Å². The highest BCUT2D eigenvalue weighted by atomic mass is 32.1. The molecule has 1 saturated heterocycles. The lowest BCUT2D eigenvalue weighted by Gasteiger charge is -2.35. The molecule has 0 saturated carbocycles. The van der Waals surface area contributed by atoms with Gasteiger partial charge in [-0.15, -0.1) is 16.4 Å². The SMILES string of the molecule is CCC(C)(C)n1nnnc1[C@H](c1cccs1)N1CCCCC1. The van der Waals surface area contributed by atoms with Crippen molar-refractivity contribution in [3.05, 3.63) is 28.2 Å². The van der Waals surface area contributed by atoms with Crippen LogP contribution in [0.1, 0.15) is 63.2 Å². The molecule has 1 fully saturated rings. The Kier molecular flexibility index (Phi) is 4.59. The average Bonchev–Trinajstić information content (AvgIpc) is 3.21.